The first kappa shape index (κ1) is 18.4. The third-order valence-electron chi connectivity index (χ3n) is 4.57. The van der Waals surface area contributed by atoms with Crippen molar-refractivity contribution in [2.24, 2.45) is 10.9 Å². The van der Waals surface area contributed by atoms with Gasteiger partial charge in [0.25, 0.3) is 0 Å². The second-order valence-corrected chi connectivity index (χ2v) is 7.49. The minimum absolute atomic E-state index is 0.725. The van der Waals surface area contributed by atoms with Crippen LogP contribution in [0.25, 0.3) is 16.0 Å². The van der Waals surface area contributed by atoms with E-state index in [4.69, 9.17) is 15.8 Å². The molecular weight excluding hydrogens is 344 g/mol. The molecule has 0 radical (unpaired) electrons. The largest absolute Gasteiger partial charge is 0.356 e. The Bertz CT molecular complexity index is 1000. The quantitative estimate of drug-likeness (QED) is 0.565. The van der Waals surface area contributed by atoms with Crippen LogP contribution < -0.4 is 15.5 Å². The van der Waals surface area contributed by atoms with Crippen molar-refractivity contribution in [3.05, 3.63) is 39.4 Å². The van der Waals surface area contributed by atoms with Crippen LogP contribution in [-0.4, -0.2) is 27.6 Å². The van der Waals surface area contributed by atoms with E-state index in [0.29, 0.717) is 0 Å². The highest BCUT2D eigenvalue weighted by molar-refractivity contribution is 7.17. The summed E-state index contributed by atoms with van der Waals surface area (Å²) in [4.78, 5) is 12.4. The Balaban J connectivity index is 2.45. The van der Waals surface area contributed by atoms with Crippen LogP contribution in [0.15, 0.2) is 17.2 Å². The molecule has 2 heterocycles. The molecular formula is C19H26N6S. The molecule has 1 aromatic carbocycles. The molecule has 0 aliphatic rings. The molecule has 0 fully saturated rings. The van der Waals surface area contributed by atoms with Gasteiger partial charge in [-0.15, -0.1) is 0 Å². The molecule has 3 rings (SSSR count). The number of fused-ring (bicyclic) bond motifs is 1. The number of aryl methyl sites for hydroxylation is 4. The Morgan fingerprint density at radius 2 is 1.69 bits per heavy atom. The van der Waals surface area contributed by atoms with Gasteiger partial charge in [0.15, 0.2) is 11.5 Å². The number of hydrogen-bond acceptors (Lipinski definition) is 6. The minimum atomic E-state index is 0.725. The Morgan fingerprint density at radius 3 is 2.23 bits per heavy atom. The van der Waals surface area contributed by atoms with Gasteiger partial charge in [0.2, 0.25) is 4.80 Å². The lowest BCUT2D eigenvalue weighted by molar-refractivity contribution is 0.841. The van der Waals surface area contributed by atoms with Gasteiger partial charge in [-0.1, -0.05) is 29.0 Å². The predicted molar refractivity (Wildman–Crippen MR) is 109 cm³/mol. The standard InChI is InChI=1S/C19H26N6S/c1-7-24(8-2)17-16-18(22-14(6)21-17)25(19(23-20)26-16)15-12(4)9-11(3)10-13(15)5/h9-10H,7-8,20H2,1-6H3/b23-19+. The fourth-order valence-electron chi connectivity index (χ4n) is 3.55. The van der Waals surface area contributed by atoms with Gasteiger partial charge in [-0.25, -0.2) is 9.97 Å². The number of aromatic nitrogens is 3. The van der Waals surface area contributed by atoms with E-state index in [1.54, 1.807) is 0 Å². The molecule has 6 nitrogen and oxygen atoms in total. The average molecular weight is 371 g/mol. The van der Waals surface area contributed by atoms with E-state index in [0.717, 1.165) is 45.6 Å². The maximum Gasteiger partial charge on any atom is 0.214 e. The van der Waals surface area contributed by atoms with E-state index in [1.807, 2.05) is 6.92 Å². The Labute approximate surface area is 158 Å². The number of benzene rings is 1. The van der Waals surface area contributed by atoms with Crippen LogP contribution in [0.2, 0.25) is 0 Å². The minimum Gasteiger partial charge on any atom is -0.356 e. The van der Waals surface area contributed by atoms with E-state index in [9.17, 15) is 0 Å². The van der Waals surface area contributed by atoms with Gasteiger partial charge in [0, 0.05) is 13.1 Å². The summed E-state index contributed by atoms with van der Waals surface area (Å²) in [5.74, 6) is 7.46. The molecule has 7 heteroatoms. The predicted octanol–water partition coefficient (Wildman–Crippen LogP) is 3.34. The fraction of sp³-hybridized carbons (Fsp3) is 0.421. The molecule has 0 atom stereocenters. The molecule has 0 aliphatic heterocycles. The molecule has 138 valence electrons. The van der Waals surface area contributed by atoms with E-state index in [-0.39, 0.29) is 0 Å². The zero-order valence-corrected chi connectivity index (χ0v) is 17.1. The third kappa shape index (κ3) is 2.96. The van der Waals surface area contributed by atoms with E-state index < -0.39 is 0 Å². The van der Waals surface area contributed by atoms with Crippen molar-refractivity contribution in [2.45, 2.75) is 41.5 Å². The number of rotatable bonds is 4. The maximum absolute atomic E-state index is 5.76. The first-order valence-electron chi connectivity index (χ1n) is 8.88. The zero-order chi connectivity index (χ0) is 19.0. The van der Waals surface area contributed by atoms with Crippen molar-refractivity contribution in [1.82, 2.24) is 14.5 Å². The van der Waals surface area contributed by atoms with Crippen molar-refractivity contribution in [1.29, 1.82) is 0 Å². The smallest absolute Gasteiger partial charge is 0.214 e. The van der Waals surface area contributed by atoms with E-state index >= 15 is 0 Å². The number of nitrogens with zero attached hydrogens (tertiary/aromatic N) is 5. The number of thiazole rings is 1. The molecule has 0 aliphatic carbocycles. The lowest BCUT2D eigenvalue weighted by Gasteiger charge is -2.20. The first-order chi connectivity index (χ1) is 12.4. The number of nitrogens with two attached hydrogens (primary N) is 1. The maximum atomic E-state index is 5.76. The van der Waals surface area contributed by atoms with Crippen molar-refractivity contribution >= 4 is 27.5 Å². The summed E-state index contributed by atoms with van der Waals surface area (Å²) >= 11 is 1.54. The Hall–Kier alpha value is -2.41. The molecule has 2 aromatic heterocycles. The van der Waals surface area contributed by atoms with Crippen LogP contribution in [0.5, 0.6) is 0 Å². The number of anilines is 1. The van der Waals surface area contributed by atoms with Crippen molar-refractivity contribution < 1.29 is 0 Å². The van der Waals surface area contributed by atoms with Gasteiger partial charge in [0.05, 0.1) is 5.69 Å². The molecule has 0 saturated carbocycles. The first-order valence-corrected chi connectivity index (χ1v) is 9.70. The van der Waals surface area contributed by atoms with Gasteiger partial charge in [-0.2, -0.15) is 5.10 Å². The lowest BCUT2D eigenvalue weighted by atomic mass is 10.1. The van der Waals surface area contributed by atoms with Crippen molar-refractivity contribution in [3.63, 3.8) is 0 Å². The monoisotopic (exact) mass is 370 g/mol. The van der Waals surface area contributed by atoms with Gasteiger partial charge < -0.3 is 10.7 Å². The highest BCUT2D eigenvalue weighted by Crippen LogP contribution is 2.30. The average Bonchev–Trinajstić information content (AvgIpc) is 2.93. The van der Waals surface area contributed by atoms with E-state index in [1.165, 1.54) is 28.0 Å². The molecule has 0 saturated heterocycles. The molecule has 0 spiro atoms. The van der Waals surface area contributed by atoms with Gasteiger partial charge >= 0.3 is 0 Å². The molecule has 2 N–H and O–H groups in total. The summed E-state index contributed by atoms with van der Waals surface area (Å²) < 4.78 is 3.09. The lowest BCUT2D eigenvalue weighted by Crippen LogP contribution is -2.23. The molecule has 0 unspecified atom stereocenters. The topological polar surface area (TPSA) is 72.3 Å². The number of hydrogen-bond donors (Lipinski definition) is 1. The zero-order valence-electron chi connectivity index (χ0n) is 16.3. The molecule has 0 bridgehead atoms. The van der Waals surface area contributed by atoms with Crippen LogP contribution in [0.4, 0.5) is 5.82 Å². The molecule has 26 heavy (non-hydrogen) atoms. The third-order valence-corrected chi connectivity index (χ3v) is 5.61. The van der Waals surface area contributed by atoms with Crippen LogP contribution in [-0.2, 0) is 0 Å². The van der Waals surface area contributed by atoms with Crippen molar-refractivity contribution in [2.75, 3.05) is 18.0 Å². The van der Waals surface area contributed by atoms with Crippen LogP contribution >= 0.6 is 11.3 Å². The van der Waals surface area contributed by atoms with Gasteiger partial charge in [-0.3, -0.25) is 4.57 Å². The fourth-order valence-corrected chi connectivity index (χ4v) is 4.55. The summed E-state index contributed by atoms with van der Waals surface area (Å²) in [6.45, 7) is 14.3. The Morgan fingerprint density at radius 1 is 1.08 bits per heavy atom. The van der Waals surface area contributed by atoms with Crippen LogP contribution in [0.3, 0.4) is 0 Å². The van der Waals surface area contributed by atoms with Crippen molar-refractivity contribution in [3.8, 4) is 5.69 Å². The summed E-state index contributed by atoms with van der Waals surface area (Å²) in [6.07, 6.45) is 0. The SMILES string of the molecule is CCN(CC)c1nc(C)nc2c1s/c(=N/N)n2-c1c(C)cc(C)cc1C. The Kier molecular flexibility index (Phi) is 5.00. The molecule has 0 amide bonds. The van der Waals surface area contributed by atoms with Crippen LogP contribution in [0.1, 0.15) is 36.4 Å². The van der Waals surface area contributed by atoms with Gasteiger partial charge in [0.1, 0.15) is 10.5 Å². The summed E-state index contributed by atoms with van der Waals surface area (Å²) in [5.41, 5.74) is 5.55. The normalized spacial score (nSPS) is 12.2. The van der Waals surface area contributed by atoms with Crippen LogP contribution in [0, 0.1) is 27.7 Å². The highest BCUT2D eigenvalue weighted by Gasteiger charge is 2.20. The summed E-state index contributed by atoms with van der Waals surface area (Å²) in [6, 6.07) is 4.36. The molecule has 3 aromatic rings. The summed E-state index contributed by atoms with van der Waals surface area (Å²) in [5, 5.41) is 4.07. The highest BCUT2D eigenvalue weighted by atomic mass is 32.1. The summed E-state index contributed by atoms with van der Waals surface area (Å²) in [7, 11) is 0. The van der Waals surface area contributed by atoms with Gasteiger partial charge in [-0.05, 0) is 52.7 Å². The second-order valence-electron chi connectivity index (χ2n) is 6.52. The van der Waals surface area contributed by atoms with E-state index in [2.05, 4.69) is 61.3 Å². The second kappa shape index (κ2) is 7.07.